The molecule has 0 radical (unpaired) electrons. The average molecular weight is 354 g/mol. The summed E-state index contributed by atoms with van der Waals surface area (Å²) in [5.41, 5.74) is 3.38. The van der Waals surface area contributed by atoms with Gasteiger partial charge in [0.25, 0.3) is 0 Å². The molecule has 138 valence electrons. The van der Waals surface area contributed by atoms with Gasteiger partial charge in [0, 0.05) is 25.3 Å². The number of amides is 1. The molecule has 0 atom stereocenters. The van der Waals surface area contributed by atoms with Crippen LogP contribution in [0.3, 0.4) is 0 Å². The van der Waals surface area contributed by atoms with Crippen molar-refractivity contribution in [3.05, 3.63) is 65.2 Å². The van der Waals surface area contributed by atoms with Gasteiger partial charge in [0.1, 0.15) is 6.61 Å². The first-order valence-electron chi connectivity index (χ1n) is 8.94. The SMILES string of the molecule is CC(C)(O)CN1CCc2c(cccc2NC(=O)OCc2ccccc2)C1. The Morgan fingerprint density at radius 2 is 1.96 bits per heavy atom. The Balaban J connectivity index is 1.61. The van der Waals surface area contributed by atoms with Crippen molar-refractivity contribution in [3.8, 4) is 0 Å². The van der Waals surface area contributed by atoms with Crippen molar-refractivity contribution in [2.75, 3.05) is 18.4 Å². The highest BCUT2D eigenvalue weighted by molar-refractivity contribution is 5.86. The van der Waals surface area contributed by atoms with Crippen LogP contribution in [0.5, 0.6) is 0 Å². The summed E-state index contributed by atoms with van der Waals surface area (Å²) in [7, 11) is 0. The number of aliphatic hydroxyl groups is 1. The largest absolute Gasteiger partial charge is 0.444 e. The molecule has 1 aliphatic heterocycles. The van der Waals surface area contributed by atoms with Crippen LogP contribution >= 0.6 is 0 Å². The molecule has 0 saturated heterocycles. The number of ether oxygens (including phenoxy) is 1. The summed E-state index contributed by atoms with van der Waals surface area (Å²) in [6, 6.07) is 15.6. The molecule has 0 spiro atoms. The van der Waals surface area contributed by atoms with Crippen LogP contribution in [0.25, 0.3) is 0 Å². The molecule has 26 heavy (non-hydrogen) atoms. The topological polar surface area (TPSA) is 61.8 Å². The molecular weight excluding hydrogens is 328 g/mol. The molecule has 1 amide bonds. The van der Waals surface area contributed by atoms with E-state index in [0.29, 0.717) is 6.54 Å². The summed E-state index contributed by atoms with van der Waals surface area (Å²) in [6.07, 6.45) is 0.391. The lowest BCUT2D eigenvalue weighted by atomic mass is 9.96. The zero-order valence-corrected chi connectivity index (χ0v) is 15.4. The second-order valence-electron chi connectivity index (χ2n) is 7.40. The van der Waals surface area contributed by atoms with Gasteiger partial charge in [-0.25, -0.2) is 4.79 Å². The van der Waals surface area contributed by atoms with E-state index in [0.717, 1.165) is 36.3 Å². The van der Waals surface area contributed by atoms with Gasteiger partial charge in [-0.3, -0.25) is 10.2 Å². The van der Waals surface area contributed by atoms with Gasteiger partial charge in [0.15, 0.2) is 0 Å². The van der Waals surface area contributed by atoms with Crippen LogP contribution in [0, 0.1) is 0 Å². The first-order chi connectivity index (χ1) is 12.4. The molecule has 0 bridgehead atoms. The third kappa shape index (κ3) is 5.07. The molecule has 2 aromatic rings. The number of hydrogen-bond donors (Lipinski definition) is 2. The van der Waals surface area contributed by atoms with Gasteiger partial charge in [0.2, 0.25) is 0 Å². The van der Waals surface area contributed by atoms with Crippen LogP contribution in [0.1, 0.15) is 30.5 Å². The smallest absolute Gasteiger partial charge is 0.411 e. The maximum atomic E-state index is 12.1. The molecule has 2 aromatic carbocycles. The molecule has 0 aromatic heterocycles. The normalized spacial score (nSPS) is 14.6. The lowest BCUT2D eigenvalue weighted by Crippen LogP contribution is -2.41. The Kier molecular flexibility index (Phi) is 5.59. The minimum atomic E-state index is -0.714. The molecule has 0 saturated carbocycles. The third-order valence-corrected chi connectivity index (χ3v) is 4.41. The molecule has 3 rings (SSSR count). The molecule has 1 aliphatic rings. The van der Waals surface area contributed by atoms with Gasteiger partial charge in [-0.15, -0.1) is 0 Å². The van der Waals surface area contributed by atoms with Crippen molar-refractivity contribution in [2.45, 2.75) is 39.0 Å². The maximum absolute atomic E-state index is 12.1. The van der Waals surface area contributed by atoms with Gasteiger partial charge >= 0.3 is 6.09 Å². The number of nitrogens with one attached hydrogen (secondary N) is 1. The predicted octanol–water partition coefficient (Wildman–Crippen LogP) is 3.56. The van der Waals surface area contributed by atoms with Crippen LogP contribution in [0.15, 0.2) is 48.5 Å². The fourth-order valence-electron chi connectivity index (χ4n) is 3.34. The third-order valence-electron chi connectivity index (χ3n) is 4.41. The van der Waals surface area contributed by atoms with E-state index < -0.39 is 11.7 Å². The van der Waals surface area contributed by atoms with Crippen molar-refractivity contribution in [2.24, 2.45) is 0 Å². The van der Waals surface area contributed by atoms with Crippen LogP contribution in [-0.2, 0) is 24.3 Å². The summed E-state index contributed by atoms with van der Waals surface area (Å²) in [5.74, 6) is 0. The zero-order chi connectivity index (χ0) is 18.6. The zero-order valence-electron chi connectivity index (χ0n) is 15.4. The Labute approximate surface area is 154 Å². The minimum Gasteiger partial charge on any atom is -0.444 e. The van der Waals surface area contributed by atoms with Gasteiger partial charge in [-0.2, -0.15) is 0 Å². The minimum absolute atomic E-state index is 0.251. The fraction of sp³-hybridized carbons (Fsp3) is 0.381. The first kappa shape index (κ1) is 18.4. The van der Waals surface area contributed by atoms with Crippen LogP contribution in [0.2, 0.25) is 0 Å². The maximum Gasteiger partial charge on any atom is 0.411 e. The van der Waals surface area contributed by atoms with E-state index >= 15 is 0 Å². The monoisotopic (exact) mass is 354 g/mol. The van der Waals surface area contributed by atoms with Gasteiger partial charge < -0.3 is 9.84 Å². The lowest BCUT2D eigenvalue weighted by molar-refractivity contribution is 0.0318. The van der Waals surface area contributed by atoms with E-state index in [-0.39, 0.29) is 6.61 Å². The molecule has 2 N–H and O–H groups in total. The number of hydrogen-bond acceptors (Lipinski definition) is 4. The molecule has 5 heteroatoms. The molecule has 1 heterocycles. The highest BCUT2D eigenvalue weighted by Gasteiger charge is 2.24. The van der Waals surface area contributed by atoms with Crippen molar-refractivity contribution in [1.82, 2.24) is 4.90 Å². The van der Waals surface area contributed by atoms with E-state index in [4.69, 9.17) is 4.74 Å². The number of anilines is 1. The Hall–Kier alpha value is -2.37. The van der Waals surface area contributed by atoms with Crippen molar-refractivity contribution in [3.63, 3.8) is 0 Å². The van der Waals surface area contributed by atoms with E-state index in [1.807, 2.05) is 56.3 Å². The summed E-state index contributed by atoms with van der Waals surface area (Å²) in [5, 5.41) is 12.9. The molecule has 0 aliphatic carbocycles. The standard InChI is InChI=1S/C21H26N2O3/c1-21(2,25)15-23-12-11-18-17(13-23)9-6-10-19(18)22-20(24)26-14-16-7-4-3-5-8-16/h3-10,25H,11-15H2,1-2H3,(H,22,24). The second kappa shape index (κ2) is 7.89. The number of carbonyl (C=O) groups is 1. The average Bonchev–Trinajstić information content (AvgIpc) is 2.59. The van der Waals surface area contributed by atoms with Crippen LogP contribution < -0.4 is 5.32 Å². The lowest BCUT2D eigenvalue weighted by Gasteiger charge is -2.33. The Morgan fingerprint density at radius 1 is 1.19 bits per heavy atom. The fourth-order valence-corrected chi connectivity index (χ4v) is 3.34. The van der Waals surface area contributed by atoms with Gasteiger partial charge in [0.05, 0.1) is 5.60 Å². The number of carbonyl (C=O) groups excluding carboxylic acids is 1. The molecule has 0 unspecified atom stereocenters. The van der Waals surface area contributed by atoms with E-state index in [1.54, 1.807) is 0 Å². The van der Waals surface area contributed by atoms with Crippen LogP contribution in [0.4, 0.5) is 10.5 Å². The van der Waals surface area contributed by atoms with Crippen molar-refractivity contribution in [1.29, 1.82) is 0 Å². The highest BCUT2D eigenvalue weighted by Crippen LogP contribution is 2.27. The Morgan fingerprint density at radius 3 is 2.69 bits per heavy atom. The van der Waals surface area contributed by atoms with Crippen molar-refractivity contribution < 1.29 is 14.6 Å². The Bertz CT molecular complexity index is 754. The van der Waals surface area contributed by atoms with Gasteiger partial charge in [-0.05, 0) is 43.0 Å². The predicted molar refractivity (Wildman–Crippen MR) is 102 cm³/mol. The number of β-amino-alcohol motifs (C(OH)–C–C–N with tert-alkyl or cyclic N) is 1. The number of benzene rings is 2. The summed E-state index contributed by atoms with van der Waals surface area (Å²) >= 11 is 0. The van der Waals surface area contributed by atoms with Crippen molar-refractivity contribution >= 4 is 11.8 Å². The first-order valence-corrected chi connectivity index (χ1v) is 8.94. The van der Waals surface area contributed by atoms with Crippen LogP contribution in [-0.4, -0.2) is 34.8 Å². The highest BCUT2D eigenvalue weighted by atomic mass is 16.5. The quantitative estimate of drug-likeness (QED) is 0.862. The summed E-state index contributed by atoms with van der Waals surface area (Å²) in [4.78, 5) is 14.4. The van der Waals surface area contributed by atoms with E-state index in [1.165, 1.54) is 5.56 Å². The van der Waals surface area contributed by atoms with E-state index in [2.05, 4.69) is 16.3 Å². The molecular formula is C21H26N2O3. The number of rotatable bonds is 5. The van der Waals surface area contributed by atoms with Gasteiger partial charge in [-0.1, -0.05) is 42.5 Å². The number of fused-ring (bicyclic) bond motifs is 1. The summed E-state index contributed by atoms with van der Waals surface area (Å²) in [6.45, 7) is 6.15. The molecule has 5 nitrogen and oxygen atoms in total. The summed E-state index contributed by atoms with van der Waals surface area (Å²) < 4.78 is 5.32. The number of nitrogens with zero attached hydrogens (tertiary/aromatic N) is 1. The second-order valence-corrected chi connectivity index (χ2v) is 7.40. The van der Waals surface area contributed by atoms with E-state index in [9.17, 15) is 9.90 Å². The molecule has 0 fully saturated rings.